The summed E-state index contributed by atoms with van der Waals surface area (Å²) in [5.41, 5.74) is 0.783. The molecule has 1 N–H and O–H groups in total. The minimum absolute atomic E-state index is 0.137. The Morgan fingerprint density at radius 1 is 1.29 bits per heavy atom. The fourth-order valence-corrected chi connectivity index (χ4v) is 2.93. The van der Waals surface area contributed by atoms with Crippen LogP contribution in [0.25, 0.3) is 0 Å². The van der Waals surface area contributed by atoms with Gasteiger partial charge in [0, 0.05) is 5.56 Å². The maximum Gasteiger partial charge on any atom is 0.124 e. The smallest absolute Gasteiger partial charge is 0.124 e. The summed E-state index contributed by atoms with van der Waals surface area (Å²) in [6.45, 7) is 2.09. The van der Waals surface area contributed by atoms with Crippen LogP contribution in [0.15, 0.2) is 18.2 Å². The summed E-state index contributed by atoms with van der Waals surface area (Å²) in [6, 6.07) is 4.57. The molecule has 0 saturated heterocycles. The molecule has 3 nitrogen and oxygen atoms in total. The molecule has 1 aliphatic rings. The molecule has 1 aliphatic carbocycles. The Hall–Kier alpha value is -1.13. The van der Waals surface area contributed by atoms with Crippen molar-refractivity contribution in [1.82, 2.24) is 0 Å². The zero-order valence-electron chi connectivity index (χ0n) is 12.8. The standard InChI is InChI=1S/C17H25FO3/c1-3-4-17(21-14-8-6-13(19)7-9-14)15-11-12(18)5-10-16(15)20-2/h5,10-11,13-14,17,19H,3-4,6-9H2,1-2H3/t13?,14?,17-/m0/s1. The Morgan fingerprint density at radius 2 is 2.00 bits per heavy atom. The molecule has 0 aromatic heterocycles. The predicted molar refractivity (Wildman–Crippen MR) is 79.9 cm³/mol. The van der Waals surface area contributed by atoms with Crippen LogP contribution in [-0.4, -0.2) is 24.4 Å². The summed E-state index contributed by atoms with van der Waals surface area (Å²) < 4.78 is 25.1. The number of hydrogen-bond acceptors (Lipinski definition) is 3. The Morgan fingerprint density at radius 3 is 2.62 bits per heavy atom. The average Bonchev–Trinajstić information content (AvgIpc) is 2.49. The highest BCUT2D eigenvalue weighted by atomic mass is 19.1. The molecule has 0 heterocycles. The molecule has 1 saturated carbocycles. The van der Waals surface area contributed by atoms with Crippen molar-refractivity contribution in [2.24, 2.45) is 0 Å². The molecule has 1 fully saturated rings. The highest BCUT2D eigenvalue weighted by Crippen LogP contribution is 2.35. The first-order chi connectivity index (χ1) is 10.1. The number of methoxy groups -OCH3 is 1. The first kappa shape index (κ1) is 16.2. The van der Waals surface area contributed by atoms with Crippen LogP contribution in [0.5, 0.6) is 5.75 Å². The molecule has 118 valence electrons. The summed E-state index contributed by atoms with van der Waals surface area (Å²) >= 11 is 0. The fourth-order valence-electron chi connectivity index (χ4n) is 2.93. The molecule has 0 unspecified atom stereocenters. The van der Waals surface area contributed by atoms with Gasteiger partial charge in [-0.15, -0.1) is 0 Å². The van der Waals surface area contributed by atoms with Crippen LogP contribution in [0.4, 0.5) is 4.39 Å². The first-order valence-corrected chi connectivity index (χ1v) is 7.81. The predicted octanol–water partition coefficient (Wildman–Crippen LogP) is 4.00. The normalized spacial score (nSPS) is 23.8. The Labute approximate surface area is 126 Å². The molecular formula is C17H25FO3. The van der Waals surface area contributed by atoms with E-state index in [1.807, 2.05) is 0 Å². The molecule has 4 heteroatoms. The van der Waals surface area contributed by atoms with Gasteiger partial charge in [-0.05, 0) is 50.3 Å². The fraction of sp³-hybridized carbons (Fsp3) is 0.647. The van der Waals surface area contributed by atoms with E-state index in [1.54, 1.807) is 13.2 Å². The monoisotopic (exact) mass is 296 g/mol. The average molecular weight is 296 g/mol. The number of ether oxygens (including phenoxy) is 2. The Balaban J connectivity index is 2.12. The van der Waals surface area contributed by atoms with Crippen LogP contribution in [0.3, 0.4) is 0 Å². The summed E-state index contributed by atoms with van der Waals surface area (Å²) in [5.74, 6) is 0.403. The van der Waals surface area contributed by atoms with E-state index in [-0.39, 0.29) is 24.1 Å². The van der Waals surface area contributed by atoms with Gasteiger partial charge in [0.15, 0.2) is 0 Å². The largest absolute Gasteiger partial charge is 0.496 e. The summed E-state index contributed by atoms with van der Waals surface area (Å²) in [6.07, 6.45) is 4.86. The second kappa shape index (κ2) is 7.76. The van der Waals surface area contributed by atoms with Gasteiger partial charge >= 0.3 is 0 Å². The number of aliphatic hydroxyl groups excluding tert-OH is 1. The van der Waals surface area contributed by atoms with E-state index in [4.69, 9.17) is 9.47 Å². The number of benzene rings is 1. The zero-order valence-corrected chi connectivity index (χ0v) is 12.8. The molecule has 0 radical (unpaired) electrons. The molecular weight excluding hydrogens is 271 g/mol. The van der Waals surface area contributed by atoms with Crippen molar-refractivity contribution in [3.8, 4) is 5.75 Å². The molecule has 21 heavy (non-hydrogen) atoms. The molecule has 2 rings (SSSR count). The second-order valence-corrected chi connectivity index (χ2v) is 5.73. The van der Waals surface area contributed by atoms with E-state index in [9.17, 15) is 9.50 Å². The maximum absolute atomic E-state index is 13.6. The molecule has 1 aromatic rings. The van der Waals surface area contributed by atoms with Gasteiger partial charge in [0.1, 0.15) is 11.6 Å². The maximum atomic E-state index is 13.6. The highest BCUT2D eigenvalue weighted by Gasteiger charge is 2.25. The van der Waals surface area contributed by atoms with Crippen LogP contribution in [0, 0.1) is 5.82 Å². The SMILES string of the molecule is CCC[C@H](OC1CCC(O)CC1)c1cc(F)ccc1OC. The van der Waals surface area contributed by atoms with Crippen molar-refractivity contribution in [2.45, 2.75) is 63.8 Å². The van der Waals surface area contributed by atoms with Crippen LogP contribution < -0.4 is 4.74 Å². The lowest BCUT2D eigenvalue weighted by molar-refractivity contribution is -0.0534. The lowest BCUT2D eigenvalue weighted by atomic mass is 9.94. The van der Waals surface area contributed by atoms with E-state index in [0.717, 1.165) is 44.1 Å². The van der Waals surface area contributed by atoms with Crippen molar-refractivity contribution in [3.63, 3.8) is 0 Å². The van der Waals surface area contributed by atoms with Gasteiger partial charge in [-0.1, -0.05) is 13.3 Å². The van der Waals surface area contributed by atoms with Crippen LogP contribution in [0.2, 0.25) is 0 Å². The molecule has 0 aliphatic heterocycles. The summed E-state index contributed by atoms with van der Waals surface area (Å²) in [4.78, 5) is 0. The summed E-state index contributed by atoms with van der Waals surface area (Å²) in [5, 5.41) is 9.57. The van der Waals surface area contributed by atoms with Gasteiger partial charge in [0.25, 0.3) is 0 Å². The van der Waals surface area contributed by atoms with Crippen molar-refractivity contribution < 1.29 is 19.0 Å². The molecule has 0 amide bonds. The van der Waals surface area contributed by atoms with Gasteiger partial charge in [0.2, 0.25) is 0 Å². The number of aliphatic hydroxyl groups is 1. The zero-order chi connectivity index (χ0) is 15.2. The number of rotatable bonds is 6. The second-order valence-electron chi connectivity index (χ2n) is 5.73. The first-order valence-electron chi connectivity index (χ1n) is 7.81. The molecule has 0 bridgehead atoms. The molecule has 0 spiro atoms. The van der Waals surface area contributed by atoms with Crippen molar-refractivity contribution in [1.29, 1.82) is 0 Å². The molecule has 1 atom stereocenters. The van der Waals surface area contributed by atoms with Gasteiger partial charge in [-0.3, -0.25) is 0 Å². The third-order valence-corrected chi connectivity index (χ3v) is 4.09. The topological polar surface area (TPSA) is 38.7 Å². The number of hydrogen-bond donors (Lipinski definition) is 1. The third-order valence-electron chi connectivity index (χ3n) is 4.09. The van der Waals surface area contributed by atoms with E-state index in [1.165, 1.54) is 12.1 Å². The van der Waals surface area contributed by atoms with E-state index in [0.29, 0.717) is 5.75 Å². The quantitative estimate of drug-likeness (QED) is 0.862. The van der Waals surface area contributed by atoms with Gasteiger partial charge in [-0.25, -0.2) is 4.39 Å². The lowest BCUT2D eigenvalue weighted by Gasteiger charge is -2.30. The minimum Gasteiger partial charge on any atom is -0.496 e. The Kier molecular flexibility index (Phi) is 6.00. The van der Waals surface area contributed by atoms with Crippen LogP contribution >= 0.6 is 0 Å². The highest BCUT2D eigenvalue weighted by molar-refractivity contribution is 5.35. The minimum atomic E-state index is -0.269. The van der Waals surface area contributed by atoms with Crippen LogP contribution in [0.1, 0.15) is 57.1 Å². The van der Waals surface area contributed by atoms with E-state index in [2.05, 4.69) is 6.92 Å². The van der Waals surface area contributed by atoms with Gasteiger partial charge in [0.05, 0.1) is 25.4 Å². The van der Waals surface area contributed by atoms with Crippen molar-refractivity contribution in [2.75, 3.05) is 7.11 Å². The summed E-state index contributed by atoms with van der Waals surface area (Å²) in [7, 11) is 1.59. The molecule has 1 aromatic carbocycles. The van der Waals surface area contributed by atoms with Crippen LogP contribution in [-0.2, 0) is 4.74 Å². The van der Waals surface area contributed by atoms with Crippen molar-refractivity contribution >= 4 is 0 Å². The van der Waals surface area contributed by atoms with Crippen molar-refractivity contribution in [3.05, 3.63) is 29.6 Å². The lowest BCUT2D eigenvalue weighted by Crippen LogP contribution is -2.26. The Bertz CT molecular complexity index is 442. The number of halogens is 1. The van der Waals surface area contributed by atoms with Gasteiger partial charge in [-0.2, -0.15) is 0 Å². The van der Waals surface area contributed by atoms with E-state index < -0.39 is 0 Å². The third kappa shape index (κ3) is 4.42. The van der Waals surface area contributed by atoms with Gasteiger partial charge < -0.3 is 14.6 Å². The van der Waals surface area contributed by atoms with E-state index >= 15 is 0 Å².